The van der Waals surface area contributed by atoms with Crippen molar-refractivity contribution in [3.05, 3.63) is 75.9 Å². The van der Waals surface area contributed by atoms with Crippen molar-refractivity contribution in [2.75, 3.05) is 0 Å². The molecule has 2 aromatic heterocycles. The van der Waals surface area contributed by atoms with Crippen molar-refractivity contribution < 1.29 is 16.5 Å². The summed E-state index contributed by atoms with van der Waals surface area (Å²) in [6.45, 7) is 4.21. The maximum Gasteiger partial charge on any atom is 0.488 e. The lowest BCUT2D eigenvalue weighted by molar-refractivity contribution is 0.365. The lowest BCUT2D eigenvalue weighted by atomic mass is 9.90. The second-order valence-corrected chi connectivity index (χ2v) is 12.3. The maximum absolute atomic E-state index is 14.2. The van der Waals surface area contributed by atoms with Crippen LogP contribution in [0.3, 0.4) is 0 Å². The summed E-state index contributed by atoms with van der Waals surface area (Å²) in [6.07, 6.45) is 11.8. The molecule has 5 aromatic rings. The van der Waals surface area contributed by atoms with Crippen LogP contribution in [0.4, 0.5) is 3.89 Å². The molecule has 2 heterocycles. The molecule has 8 heteroatoms. The van der Waals surface area contributed by atoms with Crippen molar-refractivity contribution in [1.29, 1.82) is 0 Å². The highest BCUT2D eigenvalue weighted by atomic mass is 32.3. The van der Waals surface area contributed by atoms with E-state index in [1.165, 1.54) is 18.6 Å². The van der Waals surface area contributed by atoms with Crippen molar-refractivity contribution in [2.24, 2.45) is 5.92 Å². The number of halogens is 1. The summed E-state index contributed by atoms with van der Waals surface area (Å²) in [7, 11) is -5.17. The lowest BCUT2D eigenvalue weighted by Crippen LogP contribution is -2.19. The van der Waals surface area contributed by atoms with Crippen LogP contribution < -0.4 is 9.61 Å². The predicted molar refractivity (Wildman–Crippen MR) is 162 cm³/mol. The quantitative estimate of drug-likeness (QED) is 0.169. The molecule has 0 saturated heterocycles. The van der Waals surface area contributed by atoms with Gasteiger partial charge in [-0.2, -0.15) is 8.42 Å². The van der Waals surface area contributed by atoms with E-state index in [1.54, 1.807) is 6.07 Å². The first-order valence-electron chi connectivity index (χ1n) is 14.0. The minimum atomic E-state index is -5.17. The number of hydrogen-bond donors (Lipinski definition) is 1. The Morgan fingerprint density at radius 3 is 2.56 bits per heavy atom. The number of pyridine rings is 1. The summed E-state index contributed by atoms with van der Waals surface area (Å²) >= 11 is 0. The van der Waals surface area contributed by atoms with E-state index in [2.05, 4.69) is 33.5 Å². The van der Waals surface area contributed by atoms with Crippen LogP contribution in [0.5, 0.6) is 5.75 Å². The standard InChI is InChI=1S/C33H31FN2O4S/c1-4-21-13-14-26-29(16-21)35-33-31(26)32(37)28-18-23(15-20(2)3)27(19-30(28)36(33)24-10-6-5-7-11-24)22-9-8-12-25(17-22)40-41(34,38)39/h1,8-9,12-14,16-20,24,35H,5-7,10-11,15H2,2-3H3. The Hall–Kier alpha value is -4.09. The number of fused-ring (bicyclic) bond motifs is 4. The van der Waals surface area contributed by atoms with Gasteiger partial charge in [-0.25, -0.2) is 0 Å². The second-order valence-electron chi connectivity index (χ2n) is 11.4. The lowest BCUT2D eigenvalue weighted by Gasteiger charge is -2.28. The zero-order valence-corrected chi connectivity index (χ0v) is 23.9. The molecule has 0 spiro atoms. The first-order valence-corrected chi connectivity index (χ1v) is 15.3. The number of nitrogens with one attached hydrogen (secondary N) is 1. The van der Waals surface area contributed by atoms with Crippen molar-refractivity contribution >= 4 is 43.3 Å². The van der Waals surface area contributed by atoms with Crippen LogP contribution in [0.1, 0.15) is 63.1 Å². The van der Waals surface area contributed by atoms with Gasteiger partial charge < -0.3 is 13.7 Å². The van der Waals surface area contributed by atoms with E-state index in [0.29, 0.717) is 22.8 Å². The SMILES string of the molecule is C#Cc1ccc2c(c1)[nH]c1c2c(=O)c2cc(CC(C)C)c(-c3cccc(OS(=O)(=O)F)c3)cc2n1C1CCCCC1. The summed E-state index contributed by atoms with van der Waals surface area (Å²) in [4.78, 5) is 17.8. The molecule has 0 atom stereocenters. The Labute approximate surface area is 238 Å². The van der Waals surface area contributed by atoms with Crippen molar-refractivity contribution in [1.82, 2.24) is 9.55 Å². The van der Waals surface area contributed by atoms with Crippen LogP contribution in [-0.2, 0) is 16.9 Å². The van der Waals surface area contributed by atoms with E-state index in [0.717, 1.165) is 64.4 Å². The molecule has 1 aliphatic rings. The first-order chi connectivity index (χ1) is 19.6. The average Bonchev–Trinajstić information content (AvgIpc) is 3.31. The molecule has 3 aromatic carbocycles. The van der Waals surface area contributed by atoms with E-state index in [-0.39, 0.29) is 23.1 Å². The molecule has 0 aliphatic heterocycles. The number of aromatic nitrogens is 2. The molecule has 210 valence electrons. The Kier molecular flexibility index (Phi) is 6.87. The van der Waals surface area contributed by atoms with Gasteiger partial charge in [0.1, 0.15) is 11.4 Å². The largest absolute Gasteiger partial charge is 0.488 e. The molecule has 0 bridgehead atoms. The van der Waals surface area contributed by atoms with Gasteiger partial charge in [-0.1, -0.05) is 61.1 Å². The van der Waals surface area contributed by atoms with Crippen LogP contribution in [-0.4, -0.2) is 18.0 Å². The van der Waals surface area contributed by atoms with Gasteiger partial charge in [-0.05, 0) is 78.3 Å². The minimum absolute atomic E-state index is 0.0427. The zero-order valence-electron chi connectivity index (χ0n) is 23.0. The van der Waals surface area contributed by atoms with Gasteiger partial charge in [-0.3, -0.25) is 4.79 Å². The summed E-state index contributed by atoms with van der Waals surface area (Å²) < 4.78 is 42.6. The van der Waals surface area contributed by atoms with Gasteiger partial charge in [0.15, 0.2) is 5.43 Å². The Morgan fingerprint density at radius 1 is 1.07 bits per heavy atom. The molecule has 1 fully saturated rings. The highest BCUT2D eigenvalue weighted by Gasteiger charge is 2.24. The number of rotatable bonds is 6. The van der Waals surface area contributed by atoms with E-state index >= 15 is 0 Å². The van der Waals surface area contributed by atoms with Crippen LogP contribution in [0, 0.1) is 18.3 Å². The third kappa shape index (κ3) is 5.11. The fourth-order valence-corrected chi connectivity index (χ4v) is 6.71. The third-order valence-electron chi connectivity index (χ3n) is 8.05. The Morgan fingerprint density at radius 2 is 1.85 bits per heavy atom. The number of benzene rings is 3. The van der Waals surface area contributed by atoms with Gasteiger partial charge in [0.2, 0.25) is 0 Å². The zero-order chi connectivity index (χ0) is 28.9. The maximum atomic E-state index is 14.2. The molecule has 1 aliphatic carbocycles. The monoisotopic (exact) mass is 570 g/mol. The topological polar surface area (TPSA) is 81.2 Å². The van der Waals surface area contributed by atoms with Gasteiger partial charge in [-0.15, -0.1) is 6.42 Å². The normalized spacial score (nSPS) is 14.7. The molecule has 0 amide bonds. The van der Waals surface area contributed by atoms with Crippen molar-refractivity contribution in [3.63, 3.8) is 0 Å². The number of nitrogens with zero attached hydrogens (tertiary/aromatic N) is 1. The molecule has 1 N–H and O–H groups in total. The third-order valence-corrected chi connectivity index (χ3v) is 8.44. The van der Waals surface area contributed by atoms with E-state index in [4.69, 9.17) is 6.42 Å². The summed E-state index contributed by atoms with van der Waals surface area (Å²) in [5, 5.41) is 2.15. The van der Waals surface area contributed by atoms with Gasteiger partial charge in [0.25, 0.3) is 0 Å². The number of aromatic amines is 1. The molecule has 41 heavy (non-hydrogen) atoms. The molecular weight excluding hydrogens is 539 g/mol. The number of hydrogen-bond acceptors (Lipinski definition) is 4. The molecule has 6 nitrogen and oxygen atoms in total. The molecular formula is C33H31FN2O4S. The molecule has 6 rings (SSSR count). The minimum Gasteiger partial charge on any atom is -0.358 e. The number of terminal acetylenes is 1. The summed E-state index contributed by atoms with van der Waals surface area (Å²) in [6, 6.07) is 16.3. The predicted octanol–water partition coefficient (Wildman–Crippen LogP) is 7.58. The van der Waals surface area contributed by atoms with Crippen molar-refractivity contribution in [3.8, 4) is 29.2 Å². The highest BCUT2D eigenvalue weighted by Crippen LogP contribution is 2.38. The van der Waals surface area contributed by atoms with Gasteiger partial charge in [0.05, 0.1) is 10.9 Å². The van der Waals surface area contributed by atoms with Crippen LogP contribution in [0.25, 0.3) is 44.0 Å². The van der Waals surface area contributed by atoms with E-state index < -0.39 is 10.5 Å². The van der Waals surface area contributed by atoms with Crippen LogP contribution in [0.15, 0.2) is 59.4 Å². The first kappa shape index (κ1) is 27.1. The van der Waals surface area contributed by atoms with Gasteiger partial charge >= 0.3 is 10.5 Å². The highest BCUT2D eigenvalue weighted by molar-refractivity contribution is 7.81. The van der Waals surface area contributed by atoms with Gasteiger partial charge in [0, 0.05) is 27.9 Å². The summed E-state index contributed by atoms with van der Waals surface area (Å²) in [5.41, 5.74) is 5.60. The molecule has 0 unspecified atom stereocenters. The molecule has 0 radical (unpaired) electrons. The van der Waals surface area contributed by atoms with E-state index in [9.17, 15) is 17.1 Å². The Bertz CT molecular complexity index is 2030. The Balaban J connectivity index is 1.70. The van der Waals surface area contributed by atoms with E-state index in [1.807, 2.05) is 36.4 Å². The smallest absolute Gasteiger partial charge is 0.358 e. The van der Waals surface area contributed by atoms with Crippen LogP contribution >= 0.6 is 0 Å². The van der Waals surface area contributed by atoms with Crippen molar-refractivity contribution in [2.45, 2.75) is 58.4 Å². The molecule has 1 saturated carbocycles. The second kappa shape index (κ2) is 10.4. The van der Waals surface area contributed by atoms with Crippen LogP contribution in [0.2, 0.25) is 0 Å². The average molecular weight is 571 g/mol. The fourth-order valence-electron chi connectivity index (χ4n) is 6.38. The number of H-pyrrole nitrogens is 1. The fraction of sp³-hybridized carbons (Fsp3) is 0.303. The summed E-state index contributed by atoms with van der Waals surface area (Å²) in [5.74, 6) is 2.86.